The Morgan fingerprint density at radius 1 is 1.36 bits per heavy atom. The fourth-order valence-corrected chi connectivity index (χ4v) is 2.78. The summed E-state index contributed by atoms with van der Waals surface area (Å²) in [6.07, 6.45) is 12.2. The topological polar surface area (TPSA) is 0 Å². The lowest BCUT2D eigenvalue weighted by molar-refractivity contribution is 0.254. The molecule has 1 rings (SSSR count). The fourth-order valence-electron chi connectivity index (χ4n) is 2.78. The number of unbranched alkanes of at least 4 members (excludes halogenated alkanes) is 1. The average Bonchev–Trinajstić information content (AvgIpc) is 2.15. The lowest BCUT2D eigenvalue weighted by atomic mass is 9.67. The largest absolute Gasteiger partial charge is 0.0780 e. The average molecular weight is 192 g/mol. The van der Waals surface area contributed by atoms with Gasteiger partial charge in [0.25, 0.3) is 0 Å². The summed E-state index contributed by atoms with van der Waals surface area (Å²) in [5.74, 6) is 0.763. The van der Waals surface area contributed by atoms with Gasteiger partial charge in [-0.05, 0) is 31.1 Å². The van der Waals surface area contributed by atoms with Gasteiger partial charge in [0.05, 0.1) is 0 Å². The van der Waals surface area contributed by atoms with E-state index in [2.05, 4.69) is 45.9 Å². The maximum absolute atomic E-state index is 2.42. The monoisotopic (exact) mass is 192 g/mol. The van der Waals surface area contributed by atoms with E-state index >= 15 is 0 Å². The van der Waals surface area contributed by atoms with E-state index in [1.165, 1.54) is 25.7 Å². The molecule has 0 aromatic carbocycles. The van der Waals surface area contributed by atoms with E-state index in [9.17, 15) is 0 Å². The molecule has 0 fully saturated rings. The number of hydrogen-bond donors (Lipinski definition) is 0. The van der Waals surface area contributed by atoms with Crippen LogP contribution in [0.15, 0.2) is 23.8 Å². The molecule has 0 saturated heterocycles. The second-order valence-electron chi connectivity index (χ2n) is 4.84. The van der Waals surface area contributed by atoms with Crippen LogP contribution in [0.5, 0.6) is 0 Å². The lowest BCUT2D eigenvalue weighted by Crippen LogP contribution is -2.27. The molecule has 80 valence electrons. The van der Waals surface area contributed by atoms with Crippen molar-refractivity contribution in [3.05, 3.63) is 23.8 Å². The molecule has 2 atom stereocenters. The summed E-state index contributed by atoms with van der Waals surface area (Å²) in [7, 11) is 0. The van der Waals surface area contributed by atoms with Crippen molar-refractivity contribution in [3.63, 3.8) is 0 Å². The van der Waals surface area contributed by atoms with Crippen molar-refractivity contribution in [2.45, 2.75) is 53.4 Å². The van der Waals surface area contributed by atoms with E-state index in [-0.39, 0.29) is 0 Å². The molecule has 0 saturated carbocycles. The molecule has 1 aliphatic rings. The summed E-state index contributed by atoms with van der Waals surface area (Å²) in [5.41, 5.74) is 1.98. The third-order valence-corrected chi connectivity index (χ3v) is 3.66. The smallest absolute Gasteiger partial charge is 0.00781 e. The van der Waals surface area contributed by atoms with E-state index in [1.807, 2.05) is 0 Å². The predicted octanol–water partition coefficient (Wildman–Crippen LogP) is 4.73. The Morgan fingerprint density at radius 3 is 2.64 bits per heavy atom. The minimum absolute atomic E-state index is 0.420. The van der Waals surface area contributed by atoms with Crippen LogP contribution >= 0.6 is 0 Å². The Morgan fingerprint density at radius 2 is 2.07 bits per heavy atom. The van der Waals surface area contributed by atoms with Crippen molar-refractivity contribution in [1.82, 2.24) is 0 Å². The highest BCUT2D eigenvalue weighted by molar-refractivity contribution is 5.25. The van der Waals surface area contributed by atoms with Crippen molar-refractivity contribution in [2.24, 2.45) is 11.3 Å². The lowest BCUT2D eigenvalue weighted by Gasteiger charge is -2.38. The van der Waals surface area contributed by atoms with Crippen molar-refractivity contribution in [2.75, 3.05) is 0 Å². The zero-order chi connectivity index (χ0) is 10.6. The first-order valence-corrected chi connectivity index (χ1v) is 6.00. The van der Waals surface area contributed by atoms with Crippen molar-refractivity contribution < 1.29 is 0 Å². The first-order chi connectivity index (χ1) is 6.64. The zero-order valence-corrected chi connectivity index (χ0v) is 10.1. The van der Waals surface area contributed by atoms with E-state index in [0.29, 0.717) is 5.41 Å². The van der Waals surface area contributed by atoms with Crippen LogP contribution in [0.2, 0.25) is 0 Å². The highest BCUT2D eigenvalue weighted by atomic mass is 14.4. The first-order valence-electron chi connectivity index (χ1n) is 6.00. The number of allylic oxidation sites excluding steroid dienone is 4. The normalized spacial score (nSPS) is 31.7. The number of rotatable bonds is 4. The van der Waals surface area contributed by atoms with Crippen LogP contribution in [0.25, 0.3) is 0 Å². The molecule has 0 radical (unpaired) electrons. The van der Waals surface area contributed by atoms with Gasteiger partial charge in [0.1, 0.15) is 0 Å². The van der Waals surface area contributed by atoms with Gasteiger partial charge in [-0.2, -0.15) is 0 Å². The molecule has 0 N–H and O–H groups in total. The van der Waals surface area contributed by atoms with E-state index in [4.69, 9.17) is 0 Å². The van der Waals surface area contributed by atoms with Gasteiger partial charge in [-0.3, -0.25) is 0 Å². The van der Waals surface area contributed by atoms with Gasteiger partial charge in [0.2, 0.25) is 0 Å². The van der Waals surface area contributed by atoms with Gasteiger partial charge >= 0.3 is 0 Å². The fraction of sp³-hybridized carbons (Fsp3) is 0.714. The van der Waals surface area contributed by atoms with Crippen LogP contribution < -0.4 is 0 Å². The van der Waals surface area contributed by atoms with Gasteiger partial charge in [0, 0.05) is 0 Å². The highest BCUT2D eigenvalue weighted by Crippen LogP contribution is 2.43. The van der Waals surface area contributed by atoms with Gasteiger partial charge in [-0.25, -0.2) is 0 Å². The zero-order valence-electron chi connectivity index (χ0n) is 10.1. The molecule has 0 heteroatoms. The van der Waals surface area contributed by atoms with Gasteiger partial charge in [-0.1, -0.05) is 57.4 Å². The molecule has 0 bridgehead atoms. The summed E-state index contributed by atoms with van der Waals surface area (Å²) in [6.45, 7) is 9.29. The summed E-state index contributed by atoms with van der Waals surface area (Å²) < 4.78 is 0. The second kappa shape index (κ2) is 4.82. The van der Waals surface area contributed by atoms with E-state index in [0.717, 1.165) is 5.92 Å². The molecular weight excluding hydrogens is 168 g/mol. The van der Waals surface area contributed by atoms with Gasteiger partial charge in [-0.15, -0.1) is 0 Å². The standard InChI is InChI=1S/C14H24/c1-5-7-10-14(4)11-8-9-12(3)13(14)6-2/h8-9,11,13H,5-7,10H2,1-4H3. The highest BCUT2D eigenvalue weighted by Gasteiger charge is 2.32. The van der Waals surface area contributed by atoms with Crippen LogP contribution in [0.1, 0.15) is 53.4 Å². The Kier molecular flexibility index (Phi) is 3.97. The van der Waals surface area contributed by atoms with Crippen LogP contribution in [0.4, 0.5) is 0 Å². The molecule has 0 amide bonds. The molecule has 0 aromatic heterocycles. The SMILES string of the molecule is CCCCC1(C)C=CC=C(C)C1CC. The first kappa shape index (κ1) is 11.6. The maximum Gasteiger partial charge on any atom is -0.00781 e. The van der Waals surface area contributed by atoms with Crippen molar-refractivity contribution >= 4 is 0 Å². The molecule has 0 aliphatic heterocycles. The van der Waals surface area contributed by atoms with Crippen LogP contribution in [0, 0.1) is 11.3 Å². The summed E-state index contributed by atoms with van der Waals surface area (Å²) in [5, 5.41) is 0. The Hall–Kier alpha value is -0.520. The Bertz CT molecular complexity index is 234. The maximum atomic E-state index is 2.42. The van der Waals surface area contributed by atoms with E-state index < -0.39 is 0 Å². The minimum atomic E-state index is 0.420. The molecule has 1 aliphatic carbocycles. The molecule has 0 nitrogen and oxygen atoms in total. The molecule has 0 spiro atoms. The Labute approximate surface area is 89.1 Å². The van der Waals surface area contributed by atoms with Crippen LogP contribution in [-0.2, 0) is 0 Å². The molecule has 2 unspecified atom stereocenters. The molecule has 0 heterocycles. The quantitative estimate of drug-likeness (QED) is 0.604. The van der Waals surface area contributed by atoms with Crippen LogP contribution in [-0.4, -0.2) is 0 Å². The molecule has 0 aromatic rings. The summed E-state index contributed by atoms with van der Waals surface area (Å²) >= 11 is 0. The van der Waals surface area contributed by atoms with Crippen molar-refractivity contribution in [1.29, 1.82) is 0 Å². The van der Waals surface area contributed by atoms with Crippen LogP contribution in [0.3, 0.4) is 0 Å². The third kappa shape index (κ3) is 2.29. The summed E-state index contributed by atoms with van der Waals surface area (Å²) in [4.78, 5) is 0. The number of hydrogen-bond acceptors (Lipinski definition) is 0. The van der Waals surface area contributed by atoms with E-state index in [1.54, 1.807) is 5.57 Å². The van der Waals surface area contributed by atoms with Crippen molar-refractivity contribution in [3.8, 4) is 0 Å². The Balaban J connectivity index is 2.75. The molecular formula is C14H24. The third-order valence-electron chi connectivity index (χ3n) is 3.66. The predicted molar refractivity (Wildman–Crippen MR) is 64.3 cm³/mol. The molecule has 14 heavy (non-hydrogen) atoms. The minimum Gasteiger partial charge on any atom is -0.0780 e. The summed E-state index contributed by atoms with van der Waals surface area (Å²) in [6, 6.07) is 0. The van der Waals surface area contributed by atoms with Gasteiger partial charge < -0.3 is 0 Å². The second-order valence-corrected chi connectivity index (χ2v) is 4.84. The van der Waals surface area contributed by atoms with Gasteiger partial charge in [0.15, 0.2) is 0 Å².